The number of carbonyl (C=O) groups is 1. The maximum atomic E-state index is 11.5. The van der Waals surface area contributed by atoms with Crippen LogP contribution in [0.5, 0.6) is 5.75 Å². The Balaban J connectivity index is 2.87. The maximum Gasteiger partial charge on any atom is 0.414 e. The highest BCUT2D eigenvalue weighted by molar-refractivity contribution is 5.87. The number of ether oxygens (including phenoxy) is 1. The molecule has 0 aliphatic heterocycles. The van der Waals surface area contributed by atoms with Crippen LogP contribution in [-0.4, -0.2) is 24.4 Å². The molecule has 0 radical (unpaired) electrons. The van der Waals surface area contributed by atoms with Gasteiger partial charge in [-0.1, -0.05) is 6.07 Å². The molecule has 0 aromatic heterocycles. The van der Waals surface area contributed by atoms with E-state index in [0.717, 1.165) is 0 Å². The molecule has 1 N–H and O–H groups in total. The molecule has 0 saturated heterocycles. The smallest absolute Gasteiger partial charge is 0.414 e. The fraction of sp³-hybridized carbons (Fsp3) is 0.364. The van der Waals surface area contributed by atoms with Crippen LogP contribution in [0.4, 0.5) is 10.5 Å². The van der Waals surface area contributed by atoms with Crippen molar-refractivity contribution in [3.8, 4) is 5.75 Å². The Labute approximate surface area is 89.1 Å². The van der Waals surface area contributed by atoms with Crippen molar-refractivity contribution in [3.05, 3.63) is 24.3 Å². The van der Waals surface area contributed by atoms with Crippen LogP contribution in [0.2, 0.25) is 0 Å². The van der Waals surface area contributed by atoms with Crippen molar-refractivity contribution >= 4 is 11.8 Å². The molecule has 0 fully saturated rings. The van der Waals surface area contributed by atoms with E-state index in [9.17, 15) is 9.90 Å². The van der Waals surface area contributed by atoms with Crippen molar-refractivity contribution < 1.29 is 14.6 Å². The summed E-state index contributed by atoms with van der Waals surface area (Å²) in [5, 5.41) is 9.29. The molecular weight excluding hydrogens is 194 g/mol. The summed E-state index contributed by atoms with van der Waals surface area (Å²) < 4.78 is 4.89. The van der Waals surface area contributed by atoms with Crippen LogP contribution in [0, 0.1) is 0 Å². The number of benzene rings is 1. The Bertz CT molecular complexity index is 338. The largest absolute Gasteiger partial charge is 0.508 e. The van der Waals surface area contributed by atoms with Gasteiger partial charge < -0.3 is 9.84 Å². The highest BCUT2D eigenvalue weighted by Crippen LogP contribution is 2.20. The standard InChI is InChI=1S/C11H15NO3/c1-3-12(11(14)15-4-2)9-6-5-7-10(13)8-9/h5-8,13H,3-4H2,1-2H3. The van der Waals surface area contributed by atoms with E-state index < -0.39 is 6.09 Å². The SMILES string of the molecule is CCOC(=O)N(CC)c1cccc(O)c1. The van der Waals surface area contributed by atoms with Gasteiger partial charge in [-0.05, 0) is 26.0 Å². The third kappa shape index (κ3) is 2.87. The molecule has 0 saturated carbocycles. The Kier molecular flexibility index (Phi) is 3.97. The Morgan fingerprint density at radius 3 is 2.73 bits per heavy atom. The van der Waals surface area contributed by atoms with E-state index >= 15 is 0 Å². The number of amides is 1. The second kappa shape index (κ2) is 5.24. The number of aromatic hydroxyl groups is 1. The van der Waals surface area contributed by atoms with Crippen molar-refractivity contribution in [2.24, 2.45) is 0 Å². The molecule has 1 aromatic rings. The lowest BCUT2D eigenvalue weighted by Gasteiger charge is -2.19. The number of anilines is 1. The minimum Gasteiger partial charge on any atom is -0.508 e. The van der Waals surface area contributed by atoms with Gasteiger partial charge in [0, 0.05) is 12.6 Å². The number of phenols is 1. The van der Waals surface area contributed by atoms with E-state index in [0.29, 0.717) is 18.8 Å². The van der Waals surface area contributed by atoms with Gasteiger partial charge in [0.1, 0.15) is 5.75 Å². The van der Waals surface area contributed by atoms with E-state index in [1.165, 1.54) is 11.0 Å². The van der Waals surface area contributed by atoms with E-state index in [-0.39, 0.29) is 5.75 Å². The molecule has 0 spiro atoms. The van der Waals surface area contributed by atoms with Gasteiger partial charge in [-0.2, -0.15) is 0 Å². The van der Waals surface area contributed by atoms with Gasteiger partial charge in [0.2, 0.25) is 0 Å². The highest BCUT2D eigenvalue weighted by atomic mass is 16.6. The summed E-state index contributed by atoms with van der Waals surface area (Å²) in [6, 6.07) is 6.52. The van der Waals surface area contributed by atoms with Gasteiger partial charge in [-0.3, -0.25) is 4.90 Å². The van der Waals surface area contributed by atoms with E-state index in [1.54, 1.807) is 25.1 Å². The first-order valence-corrected chi connectivity index (χ1v) is 4.92. The zero-order chi connectivity index (χ0) is 11.3. The normalized spacial score (nSPS) is 9.73. The van der Waals surface area contributed by atoms with Crippen LogP contribution in [0.25, 0.3) is 0 Å². The molecule has 0 atom stereocenters. The van der Waals surface area contributed by atoms with Crippen LogP contribution in [0.1, 0.15) is 13.8 Å². The first-order valence-electron chi connectivity index (χ1n) is 4.92. The number of nitrogens with zero attached hydrogens (tertiary/aromatic N) is 1. The topological polar surface area (TPSA) is 49.8 Å². The zero-order valence-electron chi connectivity index (χ0n) is 8.93. The van der Waals surface area contributed by atoms with Gasteiger partial charge in [0.15, 0.2) is 0 Å². The minimum absolute atomic E-state index is 0.134. The minimum atomic E-state index is -0.398. The lowest BCUT2D eigenvalue weighted by atomic mass is 10.3. The molecule has 0 aliphatic rings. The van der Waals surface area contributed by atoms with Crippen LogP contribution in [-0.2, 0) is 4.74 Å². The first kappa shape index (κ1) is 11.4. The van der Waals surface area contributed by atoms with Crippen molar-refractivity contribution in [1.29, 1.82) is 0 Å². The molecule has 0 bridgehead atoms. The summed E-state index contributed by atoms with van der Waals surface area (Å²) in [6.07, 6.45) is -0.398. The molecule has 4 heteroatoms. The van der Waals surface area contributed by atoms with Crippen molar-refractivity contribution in [1.82, 2.24) is 0 Å². The summed E-state index contributed by atoms with van der Waals surface area (Å²) in [5.41, 5.74) is 0.635. The second-order valence-electron chi connectivity index (χ2n) is 2.96. The van der Waals surface area contributed by atoms with Crippen molar-refractivity contribution in [3.63, 3.8) is 0 Å². The third-order valence-corrected chi connectivity index (χ3v) is 1.95. The van der Waals surface area contributed by atoms with Crippen molar-refractivity contribution in [2.45, 2.75) is 13.8 Å². The zero-order valence-corrected chi connectivity index (χ0v) is 8.93. The number of rotatable bonds is 3. The first-order chi connectivity index (χ1) is 7.19. The summed E-state index contributed by atoms with van der Waals surface area (Å²) in [5.74, 6) is 0.134. The van der Waals surface area contributed by atoms with Gasteiger partial charge in [-0.25, -0.2) is 4.79 Å². The molecule has 0 unspecified atom stereocenters. The fourth-order valence-electron chi connectivity index (χ4n) is 1.28. The average molecular weight is 209 g/mol. The monoisotopic (exact) mass is 209 g/mol. The predicted molar refractivity (Wildman–Crippen MR) is 58.1 cm³/mol. The van der Waals surface area contributed by atoms with Gasteiger partial charge in [0.05, 0.1) is 12.3 Å². The summed E-state index contributed by atoms with van der Waals surface area (Å²) in [7, 11) is 0. The number of hydrogen-bond donors (Lipinski definition) is 1. The Morgan fingerprint density at radius 1 is 1.47 bits per heavy atom. The Morgan fingerprint density at radius 2 is 2.20 bits per heavy atom. The Hall–Kier alpha value is -1.71. The van der Waals surface area contributed by atoms with Crippen LogP contribution in [0.15, 0.2) is 24.3 Å². The molecule has 15 heavy (non-hydrogen) atoms. The third-order valence-electron chi connectivity index (χ3n) is 1.95. The molecule has 0 heterocycles. The molecule has 0 aliphatic carbocycles. The van der Waals surface area contributed by atoms with Gasteiger partial charge in [0.25, 0.3) is 0 Å². The second-order valence-corrected chi connectivity index (χ2v) is 2.96. The molecule has 4 nitrogen and oxygen atoms in total. The summed E-state index contributed by atoms with van der Waals surface area (Å²) in [6.45, 7) is 4.45. The summed E-state index contributed by atoms with van der Waals surface area (Å²) >= 11 is 0. The molecule has 1 rings (SSSR count). The van der Waals surface area contributed by atoms with E-state index in [2.05, 4.69) is 0 Å². The van der Waals surface area contributed by atoms with Crippen LogP contribution >= 0.6 is 0 Å². The molecule has 1 aromatic carbocycles. The van der Waals surface area contributed by atoms with E-state index in [1.807, 2.05) is 6.92 Å². The maximum absolute atomic E-state index is 11.5. The quantitative estimate of drug-likeness (QED) is 0.831. The van der Waals surface area contributed by atoms with Crippen LogP contribution in [0.3, 0.4) is 0 Å². The molecule has 1 amide bonds. The van der Waals surface area contributed by atoms with Crippen LogP contribution < -0.4 is 4.90 Å². The van der Waals surface area contributed by atoms with Crippen molar-refractivity contribution in [2.75, 3.05) is 18.1 Å². The number of carbonyl (C=O) groups excluding carboxylic acids is 1. The van der Waals surface area contributed by atoms with Gasteiger partial charge >= 0.3 is 6.09 Å². The molecule has 82 valence electrons. The fourth-order valence-corrected chi connectivity index (χ4v) is 1.28. The number of phenolic OH excluding ortho intramolecular Hbond substituents is 1. The van der Waals surface area contributed by atoms with Gasteiger partial charge in [-0.15, -0.1) is 0 Å². The summed E-state index contributed by atoms with van der Waals surface area (Å²) in [4.78, 5) is 13.0. The van der Waals surface area contributed by atoms with E-state index in [4.69, 9.17) is 4.74 Å². The predicted octanol–water partition coefficient (Wildman–Crippen LogP) is 2.38. The highest BCUT2D eigenvalue weighted by Gasteiger charge is 2.14. The lowest BCUT2D eigenvalue weighted by molar-refractivity contribution is 0.160. The molecular formula is C11H15NO3. The average Bonchev–Trinajstić information content (AvgIpc) is 2.19. The lowest BCUT2D eigenvalue weighted by Crippen LogP contribution is -2.31. The number of hydrogen-bond acceptors (Lipinski definition) is 3.